The Kier molecular flexibility index (Phi) is 4.63. The van der Waals surface area contributed by atoms with Crippen LogP contribution in [-0.4, -0.2) is 29.4 Å². The van der Waals surface area contributed by atoms with Crippen molar-refractivity contribution in [2.24, 2.45) is 16.9 Å². The Hall–Kier alpha value is -3.04. The molecule has 0 saturated heterocycles. The summed E-state index contributed by atoms with van der Waals surface area (Å²) in [5, 5.41) is 26.0. The standard InChI is InChI=1S/C23H20ClN3O3/c24-19-10-16(7-5-15(19)11-25)27-22(13-3-1-2-4-13)18-12-30-20-9-14(23(28)29)6-8-17(20)21(18)26-27/h5-10,13,18,22H,1-4,12H2,(H,28,29)/t18-,22+/m1/s1. The van der Waals surface area contributed by atoms with Gasteiger partial charge in [-0.3, -0.25) is 5.01 Å². The molecule has 0 bridgehead atoms. The number of hydrogen-bond donors (Lipinski definition) is 1. The maximum absolute atomic E-state index is 11.3. The molecule has 0 amide bonds. The number of nitriles is 1. The number of ether oxygens (including phenoxy) is 1. The molecule has 7 heteroatoms. The van der Waals surface area contributed by atoms with E-state index in [2.05, 4.69) is 6.07 Å². The van der Waals surface area contributed by atoms with Gasteiger partial charge < -0.3 is 9.84 Å². The van der Waals surface area contributed by atoms with Gasteiger partial charge >= 0.3 is 5.97 Å². The lowest BCUT2D eigenvalue weighted by molar-refractivity contribution is 0.0696. The molecule has 2 heterocycles. The van der Waals surface area contributed by atoms with Crippen molar-refractivity contribution in [3.8, 4) is 11.8 Å². The quantitative estimate of drug-likeness (QED) is 0.776. The molecule has 0 unspecified atom stereocenters. The maximum atomic E-state index is 11.3. The number of nitrogens with zero attached hydrogens (tertiary/aromatic N) is 3. The van der Waals surface area contributed by atoms with Gasteiger partial charge in [0.1, 0.15) is 11.8 Å². The summed E-state index contributed by atoms with van der Waals surface area (Å²) in [7, 11) is 0. The SMILES string of the molecule is N#Cc1ccc(N2N=C3c4ccc(C(=O)O)cc4OC[C@H]3[C@@H]2C2CCCC2)cc1Cl. The monoisotopic (exact) mass is 421 g/mol. The Labute approximate surface area is 179 Å². The number of rotatable bonds is 3. The highest BCUT2D eigenvalue weighted by molar-refractivity contribution is 6.32. The molecular weight excluding hydrogens is 402 g/mol. The molecule has 2 aromatic carbocycles. The average molecular weight is 422 g/mol. The summed E-state index contributed by atoms with van der Waals surface area (Å²) >= 11 is 6.32. The Morgan fingerprint density at radius 2 is 2.03 bits per heavy atom. The molecule has 1 fully saturated rings. The van der Waals surface area contributed by atoms with E-state index in [4.69, 9.17) is 21.4 Å². The van der Waals surface area contributed by atoms with Crippen LogP contribution < -0.4 is 9.75 Å². The molecule has 1 saturated carbocycles. The number of halogens is 1. The number of carboxylic acids is 1. The van der Waals surface area contributed by atoms with Gasteiger partial charge in [0.15, 0.2) is 0 Å². The molecule has 2 aromatic rings. The summed E-state index contributed by atoms with van der Waals surface area (Å²) in [6.45, 7) is 0.469. The lowest BCUT2D eigenvalue weighted by atomic mass is 9.81. The molecule has 0 aromatic heterocycles. The number of hydrogen-bond acceptors (Lipinski definition) is 5. The fourth-order valence-electron chi connectivity index (χ4n) is 4.98. The summed E-state index contributed by atoms with van der Waals surface area (Å²) in [5.74, 6) is 0.184. The second kappa shape index (κ2) is 7.33. The van der Waals surface area contributed by atoms with E-state index in [-0.39, 0.29) is 17.5 Å². The summed E-state index contributed by atoms with van der Waals surface area (Å²) in [5.41, 5.74) is 3.29. The zero-order chi connectivity index (χ0) is 20.8. The van der Waals surface area contributed by atoms with Crippen LogP contribution in [0.25, 0.3) is 0 Å². The van der Waals surface area contributed by atoms with E-state index in [1.165, 1.54) is 12.8 Å². The van der Waals surface area contributed by atoms with Gasteiger partial charge in [-0.05, 0) is 55.2 Å². The molecule has 30 heavy (non-hydrogen) atoms. The van der Waals surface area contributed by atoms with Crippen molar-refractivity contribution < 1.29 is 14.6 Å². The molecule has 152 valence electrons. The molecule has 3 aliphatic rings. The van der Waals surface area contributed by atoms with Crippen molar-refractivity contribution >= 4 is 29.0 Å². The average Bonchev–Trinajstić information content (AvgIpc) is 3.40. The zero-order valence-corrected chi connectivity index (χ0v) is 17.0. The third-order valence-corrected chi connectivity index (χ3v) is 6.72. The van der Waals surface area contributed by atoms with Crippen LogP contribution in [0.2, 0.25) is 5.02 Å². The molecule has 2 atom stereocenters. The molecule has 6 nitrogen and oxygen atoms in total. The van der Waals surface area contributed by atoms with Gasteiger partial charge in [-0.1, -0.05) is 24.4 Å². The Morgan fingerprint density at radius 3 is 2.73 bits per heavy atom. The van der Waals surface area contributed by atoms with Gasteiger partial charge in [0.25, 0.3) is 0 Å². The van der Waals surface area contributed by atoms with Crippen molar-refractivity contribution in [1.29, 1.82) is 5.26 Å². The number of hydrazone groups is 1. The normalized spacial score (nSPS) is 22.7. The first-order chi connectivity index (χ1) is 14.6. The number of carbonyl (C=O) groups is 1. The van der Waals surface area contributed by atoms with Crippen molar-refractivity contribution in [3.05, 3.63) is 58.1 Å². The van der Waals surface area contributed by atoms with Gasteiger partial charge in [0, 0.05) is 5.56 Å². The smallest absolute Gasteiger partial charge is 0.335 e. The van der Waals surface area contributed by atoms with Crippen molar-refractivity contribution in [1.82, 2.24) is 0 Å². The highest BCUT2D eigenvalue weighted by atomic mass is 35.5. The van der Waals surface area contributed by atoms with E-state index in [1.807, 2.05) is 11.1 Å². The molecule has 1 N–H and O–H groups in total. The van der Waals surface area contributed by atoms with Crippen molar-refractivity contribution in [3.63, 3.8) is 0 Å². The Morgan fingerprint density at radius 1 is 1.23 bits per heavy atom. The first-order valence-electron chi connectivity index (χ1n) is 10.1. The molecule has 0 radical (unpaired) electrons. The third kappa shape index (κ3) is 3.01. The van der Waals surface area contributed by atoms with Crippen molar-refractivity contribution in [2.45, 2.75) is 31.7 Å². The van der Waals surface area contributed by atoms with E-state index < -0.39 is 5.97 Å². The van der Waals surface area contributed by atoms with E-state index in [0.29, 0.717) is 28.9 Å². The molecular formula is C23H20ClN3O3. The van der Waals surface area contributed by atoms with E-state index in [0.717, 1.165) is 29.8 Å². The van der Waals surface area contributed by atoms with Crippen LogP contribution in [0.5, 0.6) is 5.75 Å². The predicted octanol–water partition coefficient (Wildman–Crippen LogP) is 4.70. The van der Waals surface area contributed by atoms with Crippen LogP contribution >= 0.6 is 11.6 Å². The summed E-state index contributed by atoms with van der Waals surface area (Å²) in [6.07, 6.45) is 4.72. The minimum atomic E-state index is -0.977. The minimum absolute atomic E-state index is 0.102. The van der Waals surface area contributed by atoms with Gasteiger partial charge in [-0.2, -0.15) is 10.4 Å². The van der Waals surface area contributed by atoms with Gasteiger partial charge in [0.2, 0.25) is 0 Å². The molecule has 5 rings (SSSR count). The van der Waals surface area contributed by atoms with E-state index >= 15 is 0 Å². The largest absolute Gasteiger partial charge is 0.492 e. The van der Waals surface area contributed by atoms with E-state index in [9.17, 15) is 15.2 Å². The van der Waals surface area contributed by atoms with Crippen LogP contribution in [0.1, 0.15) is 47.2 Å². The third-order valence-electron chi connectivity index (χ3n) is 6.40. The number of anilines is 1. The Balaban J connectivity index is 1.59. The highest BCUT2D eigenvalue weighted by Gasteiger charge is 2.46. The van der Waals surface area contributed by atoms with Gasteiger partial charge in [-0.25, -0.2) is 4.79 Å². The maximum Gasteiger partial charge on any atom is 0.335 e. The summed E-state index contributed by atoms with van der Waals surface area (Å²) < 4.78 is 6.02. The first kappa shape index (κ1) is 19.0. The fourth-order valence-corrected chi connectivity index (χ4v) is 5.20. The Bertz CT molecular complexity index is 1100. The molecule has 2 aliphatic heterocycles. The molecule has 1 aliphatic carbocycles. The predicted molar refractivity (Wildman–Crippen MR) is 113 cm³/mol. The van der Waals surface area contributed by atoms with Crippen LogP contribution in [-0.2, 0) is 0 Å². The minimum Gasteiger partial charge on any atom is -0.492 e. The van der Waals surface area contributed by atoms with Crippen LogP contribution in [0.15, 0.2) is 41.5 Å². The van der Waals surface area contributed by atoms with Crippen LogP contribution in [0.4, 0.5) is 5.69 Å². The zero-order valence-electron chi connectivity index (χ0n) is 16.2. The van der Waals surface area contributed by atoms with Crippen molar-refractivity contribution in [2.75, 3.05) is 11.6 Å². The second-order valence-corrected chi connectivity index (χ2v) is 8.48. The van der Waals surface area contributed by atoms with Crippen LogP contribution in [0.3, 0.4) is 0 Å². The first-order valence-corrected chi connectivity index (χ1v) is 10.5. The van der Waals surface area contributed by atoms with Gasteiger partial charge in [0.05, 0.1) is 46.1 Å². The number of aromatic carboxylic acids is 1. The lowest BCUT2D eigenvalue weighted by Gasteiger charge is -2.34. The number of benzene rings is 2. The summed E-state index contributed by atoms with van der Waals surface area (Å²) in [4.78, 5) is 11.3. The molecule has 0 spiro atoms. The number of carboxylic acid groups (broad SMARTS) is 1. The summed E-state index contributed by atoms with van der Waals surface area (Å²) in [6, 6.07) is 12.6. The lowest BCUT2D eigenvalue weighted by Crippen LogP contribution is -2.43. The second-order valence-electron chi connectivity index (χ2n) is 8.07. The highest BCUT2D eigenvalue weighted by Crippen LogP contribution is 2.44. The fraction of sp³-hybridized carbons (Fsp3) is 0.348. The number of fused-ring (bicyclic) bond motifs is 3. The topological polar surface area (TPSA) is 85.9 Å². The van der Waals surface area contributed by atoms with Gasteiger partial charge in [-0.15, -0.1) is 0 Å². The van der Waals surface area contributed by atoms with E-state index in [1.54, 1.807) is 30.3 Å². The van der Waals surface area contributed by atoms with Crippen LogP contribution in [0, 0.1) is 23.2 Å².